The van der Waals surface area contributed by atoms with Gasteiger partial charge in [-0.15, -0.1) is 17.9 Å². The molecule has 1 amide bonds. The molecule has 1 atom stereocenters. The number of hydrogen-bond acceptors (Lipinski definition) is 4. The minimum Gasteiger partial charge on any atom is -0.352 e. The predicted molar refractivity (Wildman–Crippen MR) is 78.1 cm³/mol. The van der Waals surface area contributed by atoms with Crippen molar-refractivity contribution in [3.05, 3.63) is 36.9 Å². The van der Waals surface area contributed by atoms with Gasteiger partial charge in [0.15, 0.2) is 4.34 Å². The van der Waals surface area contributed by atoms with Crippen molar-refractivity contribution in [3.8, 4) is 0 Å². The van der Waals surface area contributed by atoms with E-state index in [1.165, 1.54) is 11.8 Å². The molecule has 0 aliphatic heterocycles. The number of thiazole rings is 1. The van der Waals surface area contributed by atoms with Crippen LogP contribution in [0.25, 0.3) is 10.2 Å². The van der Waals surface area contributed by atoms with Gasteiger partial charge in [0.05, 0.1) is 15.5 Å². The van der Waals surface area contributed by atoms with E-state index in [9.17, 15) is 4.79 Å². The summed E-state index contributed by atoms with van der Waals surface area (Å²) < 4.78 is 2.08. The van der Waals surface area contributed by atoms with Crippen LogP contribution < -0.4 is 5.32 Å². The van der Waals surface area contributed by atoms with Gasteiger partial charge in [-0.25, -0.2) is 4.98 Å². The number of aromatic nitrogens is 1. The molecule has 5 heteroatoms. The average Bonchev–Trinajstić information content (AvgIpc) is 2.77. The van der Waals surface area contributed by atoms with E-state index in [4.69, 9.17) is 0 Å². The van der Waals surface area contributed by atoms with Crippen LogP contribution in [0.1, 0.15) is 6.92 Å². The molecule has 2 rings (SSSR count). The second-order valence-electron chi connectivity index (χ2n) is 3.74. The molecule has 0 radical (unpaired) electrons. The standard InChI is InChI=1S/C13H14N2OS2/c1-3-8-14-12(16)9(2)17-13-15-10-6-4-5-7-11(10)18-13/h3-7,9H,1,8H2,2H3,(H,14,16)/t9-/m0/s1. The van der Waals surface area contributed by atoms with E-state index >= 15 is 0 Å². The number of benzene rings is 1. The number of hydrogen-bond donors (Lipinski definition) is 1. The molecule has 0 unspecified atom stereocenters. The van der Waals surface area contributed by atoms with Gasteiger partial charge in [-0.3, -0.25) is 4.79 Å². The molecule has 18 heavy (non-hydrogen) atoms. The zero-order valence-corrected chi connectivity index (χ0v) is 11.7. The lowest BCUT2D eigenvalue weighted by atomic mass is 10.3. The molecule has 0 spiro atoms. The molecule has 0 aliphatic carbocycles. The van der Waals surface area contributed by atoms with Gasteiger partial charge in [0.1, 0.15) is 0 Å². The van der Waals surface area contributed by atoms with Crippen LogP contribution in [0, 0.1) is 0 Å². The number of nitrogens with one attached hydrogen (secondary N) is 1. The summed E-state index contributed by atoms with van der Waals surface area (Å²) in [6, 6.07) is 7.99. The number of amides is 1. The van der Waals surface area contributed by atoms with E-state index in [0.717, 1.165) is 14.6 Å². The Balaban J connectivity index is 2.04. The van der Waals surface area contributed by atoms with E-state index in [1.54, 1.807) is 17.4 Å². The summed E-state index contributed by atoms with van der Waals surface area (Å²) in [4.78, 5) is 16.2. The maximum Gasteiger partial charge on any atom is 0.233 e. The monoisotopic (exact) mass is 278 g/mol. The van der Waals surface area contributed by atoms with E-state index in [-0.39, 0.29) is 11.2 Å². The molecule has 1 aromatic heterocycles. The molecular formula is C13H14N2OS2. The van der Waals surface area contributed by atoms with Crippen LogP contribution in [0.15, 0.2) is 41.3 Å². The lowest BCUT2D eigenvalue weighted by Gasteiger charge is -2.08. The molecule has 1 N–H and O–H groups in total. The molecule has 1 heterocycles. The fourth-order valence-corrected chi connectivity index (χ4v) is 3.66. The third kappa shape index (κ3) is 3.11. The first-order valence-corrected chi connectivity index (χ1v) is 7.31. The first-order chi connectivity index (χ1) is 8.70. The highest BCUT2D eigenvalue weighted by Gasteiger charge is 2.15. The highest BCUT2D eigenvalue weighted by molar-refractivity contribution is 8.02. The van der Waals surface area contributed by atoms with Crippen molar-refractivity contribution in [1.82, 2.24) is 10.3 Å². The second-order valence-corrected chi connectivity index (χ2v) is 6.36. The fraction of sp³-hybridized carbons (Fsp3) is 0.231. The van der Waals surface area contributed by atoms with E-state index in [0.29, 0.717) is 6.54 Å². The Kier molecular flexibility index (Phi) is 4.38. The SMILES string of the molecule is C=CCNC(=O)[C@H](C)Sc1nc2ccccc2s1. The summed E-state index contributed by atoms with van der Waals surface area (Å²) >= 11 is 3.11. The number of thioether (sulfide) groups is 1. The van der Waals surface area contributed by atoms with Crippen LogP contribution in [0.3, 0.4) is 0 Å². The van der Waals surface area contributed by atoms with E-state index < -0.39 is 0 Å². The average molecular weight is 278 g/mol. The molecule has 2 aromatic rings. The summed E-state index contributed by atoms with van der Waals surface area (Å²) in [5.74, 6) is 0.0131. The third-order valence-electron chi connectivity index (χ3n) is 2.34. The second kappa shape index (κ2) is 6.02. The Morgan fingerprint density at radius 2 is 2.39 bits per heavy atom. The van der Waals surface area contributed by atoms with Gasteiger partial charge in [-0.05, 0) is 19.1 Å². The summed E-state index contributed by atoms with van der Waals surface area (Å²) in [6.45, 7) is 5.96. The van der Waals surface area contributed by atoms with Gasteiger partial charge in [0, 0.05) is 6.54 Å². The first-order valence-electron chi connectivity index (χ1n) is 5.61. The maximum absolute atomic E-state index is 11.7. The number of fused-ring (bicyclic) bond motifs is 1. The Morgan fingerprint density at radius 1 is 1.61 bits per heavy atom. The summed E-state index contributed by atoms with van der Waals surface area (Å²) in [5, 5.41) is 2.64. The summed E-state index contributed by atoms with van der Waals surface area (Å²) in [5.41, 5.74) is 0.990. The van der Waals surface area contributed by atoms with E-state index in [1.807, 2.05) is 31.2 Å². The number of para-hydroxylation sites is 1. The van der Waals surface area contributed by atoms with Crippen molar-refractivity contribution >= 4 is 39.2 Å². The summed E-state index contributed by atoms with van der Waals surface area (Å²) in [7, 11) is 0. The van der Waals surface area contributed by atoms with Crippen LogP contribution in [0.5, 0.6) is 0 Å². The Labute approximate surface area is 114 Å². The highest BCUT2D eigenvalue weighted by Crippen LogP contribution is 2.31. The van der Waals surface area contributed by atoms with Gasteiger partial charge in [-0.1, -0.05) is 30.0 Å². The fourth-order valence-electron chi connectivity index (χ4n) is 1.42. The molecule has 1 aromatic carbocycles. The van der Waals surface area contributed by atoms with Gasteiger partial charge in [-0.2, -0.15) is 0 Å². The Morgan fingerprint density at radius 3 is 3.11 bits per heavy atom. The molecule has 0 saturated carbocycles. The smallest absolute Gasteiger partial charge is 0.233 e. The van der Waals surface area contributed by atoms with Crippen molar-refractivity contribution in [3.63, 3.8) is 0 Å². The van der Waals surface area contributed by atoms with Crippen molar-refractivity contribution < 1.29 is 4.79 Å². The minimum absolute atomic E-state index is 0.0131. The lowest BCUT2D eigenvalue weighted by Crippen LogP contribution is -2.30. The van der Waals surface area contributed by atoms with Crippen LogP contribution in [0.4, 0.5) is 0 Å². The zero-order chi connectivity index (χ0) is 13.0. The topological polar surface area (TPSA) is 42.0 Å². The maximum atomic E-state index is 11.7. The number of rotatable bonds is 5. The number of nitrogens with zero attached hydrogens (tertiary/aromatic N) is 1. The number of carbonyl (C=O) groups excluding carboxylic acids is 1. The predicted octanol–water partition coefficient (Wildman–Crippen LogP) is 3.08. The van der Waals surface area contributed by atoms with Gasteiger partial charge in [0.2, 0.25) is 5.91 Å². The van der Waals surface area contributed by atoms with Crippen LogP contribution >= 0.6 is 23.1 Å². The molecule has 0 fully saturated rings. The van der Waals surface area contributed by atoms with Gasteiger partial charge < -0.3 is 5.32 Å². The molecular weight excluding hydrogens is 264 g/mol. The molecule has 0 bridgehead atoms. The van der Waals surface area contributed by atoms with Crippen molar-refractivity contribution in [2.75, 3.05) is 6.54 Å². The van der Waals surface area contributed by atoms with Gasteiger partial charge >= 0.3 is 0 Å². The molecule has 94 valence electrons. The van der Waals surface area contributed by atoms with Crippen LogP contribution in [-0.2, 0) is 4.79 Å². The van der Waals surface area contributed by atoms with Crippen molar-refractivity contribution in [2.45, 2.75) is 16.5 Å². The normalized spacial score (nSPS) is 12.3. The first kappa shape index (κ1) is 13.1. The Bertz CT molecular complexity index is 532. The molecule has 3 nitrogen and oxygen atoms in total. The molecule has 0 saturated heterocycles. The largest absolute Gasteiger partial charge is 0.352 e. The lowest BCUT2D eigenvalue weighted by molar-refractivity contribution is -0.120. The third-order valence-corrected chi connectivity index (χ3v) is 4.57. The summed E-state index contributed by atoms with van der Waals surface area (Å²) in [6.07, 6.45) is 1.67. The van der Waals surface area contributed by atoms with Gasteiger partial charge in [0.25, 0.3) is 0 Å². The Hall–Kier alpha value is -1.33. The van der Waals surface area contributed by atoms with Crippen molar-refractivity contribution in [2.24, 2.45) is 0 Å². The molecule has 0 aliphatic rings. The highest BCUT2D eigenvalue weighted by atomic mass is 32.2. The number of carbonyl (C=O) groups is 1. The van der Waals surface area contributed by atoms with Crippen molar-refractivity contribution in [1.29, 1.82) is 0 Å². The quantitative estimate of drug-likeness (QED) is 0.675. The zero-order valence-electron chi connectivity index (χ0n) is 10.1. The van der Waals surface area contributed by atoms with Crippen LogP contribution in [-0.4, -0.2) is 22.7 Å². The van der Waals surface area contributed by atoms with Crippen LogP contribution in [0.2, 0.25) is 0 Å². The van der Waals surface area contributed by atoms with E-state index in [2.05, 4.69) is 16.9 Å². The minimum atomic E-state index is -0.148.